The summed E-state index contributed by atoms with van der Waals surface area (Å²) < 4.78 is 13.1. The van der Waals surface area contributed by atoms with Crippen LogP contribution in [0.1, 0.15) is 5.69 Å². The Bertz CT molecular complexity index is 487. The zero-order valence-electron chi connectivity index (χ0n) is 7.17. The standard InChI is InChI=1S/C10H7BrFNO/c11-8-4-6(5-12)13-10-7(8)2-1-3-9(10)14/h1-4,14H,5H2. The number of aromatic hydroxyl groups is 1. The molecule has 14 heavy (non-hydrogen) atoms. The van der Waals surface area contributed by atoms with Gasteiger partial charge in [-0.15, -0.1) is 0 Å². The molecule has 0 aliphatic rings. The Labute approximate surface area is 88.5 Å². The van der Waals surface area contributed by atoms with Crippen LogP contribution in [0, 0.1) is 0 Å². The largest absolute Gasteiger partial charge is 0.506 e. The summed E-state index contributed by atoms with van der Waals surface area (Å²) in [6, 6.07) is 6.68. The van der Waals surface area contributed by atoms with Gasteiger partial charge in [0.1, 0.15) is 17.9 Å². The van der Waals surface area contributed by atoms with Gasteiger partial charge in [0.2, 0.25) is 0 Å². The van der Waals surface area contributed by atoms with Gasteiger partial charge in [0.25, 0.3) is 0 Å². The summed E-state index contributed by atoms with van der Waals surface area (Å²) in [6.45, 7) is -0.636. The van der Waals surface area contributed by atoms with E-state index in [2.05, 4.69) is 20.9 Å². The van der Waals surface area contributed by atoms with Crippen LogP contribution in [0.25, 0.3) is 10.9 Å². The third-order valence-corrected chi connectivity index (χ3v) is 2.61. The predicted octanol–water partition coefficient (Wildman–Crippen LogP) is 3.17. The molecule has 2 rings (SSSR count). The molecule has 0 saturated heterocycles. The first-order valence-corrected chi connectivity index (χ1v) is 4.84. The van der Waals surface area contributed by atoms with Crippen molar-refractivity contribution in [2.45, 2.75) is 6.67 Å². The van der Waals surface area contributed by atoms with E-state index in [4.69, 9.17) is 0 Å². The number of alkyl halides is 1. The van der Waals surface area contributed by atoms with Gasteiger partial charge in [-0.05, 0) is 12.1 Å². The second-order valence-corrected chi connectivity index (χ2v) is 3.76. The molecule has 0 radical (unpaired) electrons. The molecule has 0 unspecified atom stereocenters. The summed E-state index contributed by atoms with van der Waals surface area (Å²) in [5.74, 6) is 0.0681. The average molecular weight is 256 g/mol. The summed E-state index contributed by atoms with van der Waals surface area (Å²) in [6.07, 6.45) is 0. The molecule has 72 valence electrons. The van der Waals surface area contributed by atoms with Gasteiger partial charge < -0.3 is 5.11 Å². The fourth-order valence-corrected chi connectivity index (χ4v) is 1.89. The smallest absolute Gasteiger partial charge is 0.141 e. The van der Waals surface area contributed by atoms with E-state index in [0.717, 1.165) is 9.86 Å². The Morgan fingerprint density at radius 2 is 2.21 bits per heavy atom. The van der Waals surface area contributed by atoms with Crippen LogP contribution < -0.4 is 0 Å². The van der Waals surface area contributed by atoms with Crippen LogP contribution in [0.5, 0.6) is 5.75 Å². The molecule has 1 aromatic carbocycles. The normalized spacial score (nSPS) is 10.7. The topological polar surface area (TPSA) is 33.1 Å². The summed E-state index contributed by atoms with van der Waals surface area (Å²) >= 11 is 3.30. The number of para-hydroxylation sites is 1. The maximum atomic E-state index is 12.4. The molecule has 0 aliphatic heterocycles. The SMILES string of the molecule is Oc1cccc2c(Br)cc(CF)nc12. The highest BCUT2D eigenvalue weighted by atomic mass is 79.9. The minimum atomic E-state index is -0.636. The molecule has 0 atom stereocenters. The van der Waals surface area contributed by atoms with E-state index in [1.165, 1.54) is 6.07 Å². The Morgan fingerprint density at radius 1 is 1.43 bits per heavy atom. The molecule has 0 spiro atoms. The molecular formula is C10H7BrFNO. The Morgan fingerprint density at radius 3 is 2.93 bits per heavy atom. The first-order valence-electron chi connectivity index (χ1n) is 4.05. The molecule has 0 amide bonds. The van der Waals surface area contributed by atoms with Crippen molar-refractivity contribution in [3.8, 4) is 5.75 Å². The maximum absolute atomic E-state index is 12.4. The molecule has 0 fully saturated rings. The number of hydrogen-bond acceptors (Lipinski definition) is 2. The summed E-state index contributed by atoms with van der Waals surface area (Å²) in [7, 11) is 0. The molecule has 0 bridgehead atoms. The maximum Gasteiger partial charge on any atom is 0.141 e. The lowest BCUT2D eigenvalue weighted by Crippen LogP contribution is -1.88. The number of pyridine rings is 1. The number of nitrogens with zero attached hydrogens (tertiary/aromatic N) is 1. The predicted molar refractivity (Wildman–Crippen MR) is 55.9 cm³/mol. The van der Waals surface area contributed by atoms with Crippen LogP contribution in [-0.2, 0) is 6.67 Å². The number of halogens is 2. The van der Waals surface area contributed by atoms with Crippen LogP contribution in [0.4, 0.5) is 4.39 Å². The van der Waals surface area contributed by atoms with Gasteiger partial charge in [-0.2, -0.15) is 0 Å². The summed E-state index contributed by atoms with van der Waals surface area (Å²) in [4.78, 5) is 4.00. The van der Waals surface area contributed by atoms with Crippen molar-refractivity contribution in [1.29, 1.82) is 0 Å². The third-order valence-electron chi connectivity index (χ3n) is 1.96. The Hall–Kier alpha value is -1.16. The van der Waals surface area contributed by atoms with Crippen molar-refractivity contribution < 1.29 is 9.50 Å². The number of rotatable bonds is 1. The average Bonchev–Trinajstić information content (AvgIpc) is 2.19. The molecule has 0 aliphatic carbocycles. The van der Waals surface area contributed by atoms with E-state index in [1.54, 1.807) is 12.1 Å². The summed E-state index contributed by atoms with van der Waals surface area (Å²) in [5, 5.41) is 10.3. The fourth-order valence-electron chi connectivity index (χ4n) is 1.31. The quantitative estimate of drug-likeness (QED) is 0.850. The number of fused-ring (bicyclic) bond motifs is 1. The number of hydrogen-bond donors (Lipinski definition) is 1. The van der Waals surface area contributed by atoms with Gasteiger partial charge in [0.05, 0.1) is 5.69 Å². The van der Waals surface area contributed by atoms with Crippen LogP contribution in [0.2, 0.25) is 0 Å². The molecular weight excluding hydrogens is 249 g/mol. The highest BCUT2D eigenvalue weighted by molar-refractivity contribution is 9.10. The Balaban J connectivity index is 2.83. The van der Waals surface area contributed by atoms with Crippen molar-refractivity contribution >= 4 is 26.8 Å². The van der Waals surface area contributed by atoms with E-state index < -0.39 is 6.67 Å². The molecule has 1 aromatic heterocycles. The highest BCUT2D eigenvalue weighted by Crippen LogP contribution is 2.29. The lowest BCUT2D eigenvalue weighted by atomic mass is 10.2. The van der Waals surface area contributed by atoms with Gasteiger partial charge in [0.15, 0.2) is 0 Å². The monoisotopic (exact) mass is 255 g/mol. The third kappa shape index (κ3) is 1.46. The zero-order valence-corrected chi connectivity index (χ0v) is 8.75. The lowest BCUT2D eigenvalue weighted by Gasteiger charge is -2.03. The van der Waals surface area contributed by atoms with Crippen molar-refractivity contribution in [2.24, 2.45) is 0 Å². The second kappa shape index (κ2) is 3.53. The highest BCUT2D eigenvalue weighted by Gasteiger charge is 2.06. The minimum absolute atomic E-state index is 0.0681. The second-order valence-electron chi connectivity index (χ2n) is 2.90. The first kappa shape index (κ1) is 9.40. The zero-order chi connectivity index (χ0) is 10.1. The van der Waals surface area contributed by atoms with E-state index in [0.29, 0.717) is 11.2 Å². The van der Waals surface area contributed by atoms with E-state index in [9.17, 15) is 9.50 Å². The van der Waals surface area contributed by atoms with Crippen molar-refractivity contribution in [3.63, 3.8) is 0 Å². The van der Waals surface area contributed by atoms with Crippen LogP contribution in [0.3, 0.4) is 0 Å². The van der Waals surface area contributed by atoms with Crippen molar-refractivity contribution in [1.82, 2.24) is 4.98 Å². The number of phenols is 1. The number of aromatic nitrogens is 1. The van der Waals surface area contributed by atoms with Gasteiger partial charge in [-0.25, -0.2) is 9.37 Å². The molecule has 1 N–H and O–H groups in total. The van der Waals surface area contributed by atoms with Gasteiger partial charge in [-0.3, -0.25) is 0 Å². The van der Waals surface area contributed by atoms with Gasteiger partial charge in [-0.1, -0.05) is 28.1 Å². The molecule has 4 heteroatoms. The first-order chi connectivity index (χ1) is 6.72. The van der Waals surface area contributed by atoms with E-state index in [1.807, 2.05) is 6.07 Å². The van der Waals surface area contributed by atoms with Crippen molar-refractivity contribution in [3.05, 3.63) is 34.4 Å². The van der Waals surface area contributed by atoms with Crippen molar-refractivity contribution in [2.75, 3.05) is 0 Å². The Kier molecular flexibility index (Phi) is 2.37. The van der Waals surface area contributed by atoms with Gasteiger partial charge in [0, 0.05) is 9.86 Å². The fraction of sp³-hybridized carbons (Fsp3) is 0.100. The van der Waals surface area contributed by atoms with E-state index in [-0.39, 0.29) is 5.75 Å². The van der Waals surface area contributed by atoms with Crippen LogP contribution in [-0.4, -0.2) is 10.1 Å². The number of benzene rings is 1. The van der Waals surface area contributed by atoms with E-state index >= 15 is 0 Å². The molecule has 0 saturated carbocycles. The number of phenolic OH excluding ortho intramolecular Hbond substituents is 1. The van der Waals surface area contributed by atoms with Crippen LogP contribution in [0.15, 0.2) is 28.7 Å². The summed E-state index contributed by atoms with van der Waals surface area (Å²) in [5.41, 5.74) is 0.736. The van der Waals surface area contributed by atoms with Gasteiger partial charge >= 0.3 is 0 Å². The molecule has 2 nitrogen and oxygen atoms in total. The van der Waals surface area contributed by atoms with Crippen LogP contribution >= 0.6 is 15.9 Å². The molecule has 1 heterocycles. The molecule has 2 aromatic rings. The minimum Gasteiger partial charge on any atom is -0.506 e. The lowest BCUT2D eigenvalue weighted by molar-refractivity contribution is 0.471.